The Morgan fingerprint density at radius 3 is 2.43 bits per heavy atom. The van der Waals surface area contributed by atoms with Gasteiger partial charge in [-0.05, 0) is 43.2 Å². The number of anilines is 1. The minimum atomic E-state index is -0.977. The van der Waals surface area contributed by atoms with Crippen molar-refractivity contribution in [2.75, 3.05) is 19.1 Å². The van der Waals surface area contributed by atoms with Crippen LogP contribution in [0.5, 0.6) is 11.5 Å². The minimum Gasteiger partial charge on any atom is -0.507 e. The number of methoxy groups -OCH3 is 2. The van der Waals surface area contributed by atoms with Gasteiger partial charge in [-0.15, -0.1) is 0 Å². The molecule has 0 radical (unpaired) electrons. The number of imidazole rings is 1. The summed E-state index contributed by atoms with van der Waals surface area (Å²) >= 11 is 0. The second-order valence-electron chi connectivity index (χ2n) is 8.83. The van der Waals surface area contributed by atoms with Crippen molar-refractivity contribution in [3.8, 4) is 11.5 Å². The van der Waals surface area contributed by atoms with Crippen molar-refractivity contribution in [2.45, 2.75) is 19.9 Å². The Labute approximate surface area is 212 Å². The number of amides is 1. The van der Waals surface area contributed by atoms with Gasteiger partial charge in [-0.25, -0.2) is 9.37 Å². The summed E-state index contributed by atoms with van der Waals surface area (Å²) in [5.74, 6) is -1.53. The van der Waals surface area contributed by atoms with Crippen molar-refractivity contribution in [3.05, 3.63) is 88.2 Å². The SMILES string of the molecule is COc1cc2nc(N3C(=O)C(=O)/C(=C(/O)c4ccc(F)c(C)c4)C3c3cccc(C)c3)[nH]c2cc1OC. The molecule has 2 heterocycles. The highest BCUT2D eigenvalue weighted by Crippen LogP contribution is 2.42. The Morgan fingerprint density at radius 2 is 1.76 bits per heavy atom. The Bertz CT molecular complexity index is 1570. The zero-order valence-corrected chi connectivity index (χ0v) is 20.6. The van der Waals surface area contributed by atoms with Gasteiger partial charge in [-0.3, -0.25) is 14.5 Å². The van der Waals surface area contributed by atoms with Crippen LogP contribution in [-0.2, 0) is 9.59 Å². The van der Waals surface area contributed by atoms with Gasteiger partial charge in [0.15, 0.2) is 11.5 Å². The summed E-state index contributed by atoms with van der Waals surface area (Å²) in [5, 5.41) is 11.3. The largest absolute Gasteiger partial charge is 0.507 e. The normalized spacial score (nSPS) is 17.0. The van der Waals surface area contributed by atoms with Gasteiger partial charge in [-0.1, -0.05) is 29.8 Å². The molecular weight excluding hydrogens is 477 g/mol. The first-order valence-corrected chi connectivity index (χ1v) is 11.5. The third-order valence-corrected chi connectivity index (χ3v) is 6.44. The van der Waals surface area contributed by atoms with Crippen LogP contribution < -0.4 is 14.4 Å². The lowest BCUT2D eigenvalue weighted by Gasteiger charge is -2.23. The number of halogens is 1. The van der Waals surface area contributed by atoms with Crippen LogP contribution >= 0.6 is 0 Å². The number of aryl methyl sites for hydroxylation is 2. The molecule has 8 nitrogen and oxygen atoms in total. The van der Waals surface area contributed by atoms with E-state index in [-0.39, 0.29) is 17.1 Å². The van der Waals surface area contributed by atoms with Crippen LogP contribution in [0.3, 0.4) is 0 Å². The smallest absolute Gasteiger partial charge is 0.302 e. The zero-order chi connectivity index (χ0) is 26.4. The molecule has 2 N–H and O–H groups in total. The predicted octanol–water partition coefficient (Wildman–Crippen LogP) is 4.96. The molecule has 37 heavy (non-hydrogen) atoms. The summed E-state index contributed by atoms with van der Waals surface area (Å²) < 4.78 is 24.6. The molecule has 9 heteroatoms. The Balaban J connectivity index is 1.73. The summed E-state index contributed by atoms with van der Waals surface area (Å²) in [4.78, 5) is 35.7. The number of aliphatic hydroxyl groups is 1. The van der Waals surface area contributed by atoms with E-state index in [1.54, 1.807) is 31.2 Å². The molecule has 1 atom stereocenters. The molecule has 0 saturated carbocycles. The number of aliphatic hydroxyl groups excluding tert-OH is 1. The number of rotatable bonds is 5. The van der Waals surface area contributed by atoms with Crippen molar-refractivity contribution in [3.63, 3.8) is 0 Å². The molecule has 4 aromatic rings. The molecule has 1 unspecified atom stereocenters. The highest BCUT2D eigenvalue weighted by atomic mass is 19.1. The first-order valence-electron chi connectivity index (χ1n) is 11.5. The van der Waals surface area contributed by atoms with Crippen molar-refractivity contribution in [1.82, 2.24) is 9.97 Å². The van der Waals surface area contributed by atoms with Crippen molar-refractivity contribution < 1.29 is 28.6 Å². The van der Waals surface area contributed by atoms with E-state index in [1.807, 2.05) is 19.1 Å². The van der Waals surface area contributed by atoms with Crippen molar-refractivity contribution in [1.29, 1.82) is 0 Å². The number of nitrogens with zero attached hydrogens (tertiary/aromatic N) is 2. The fourth-order valence-electron chi connectivity index (χ4n) is 4.59. The summed E-state index contributed by atoms with van der Waals surface area (Å²) in [5.41, 5.74) is 2.98. The van der Waals surface area contributed by atoms with Crippen LogP contribution in [-0.4, -0.2) is 41.0 Å². The van der Waals surface area contributed by atoms with E-state index in [9.17, 15) is 19.1 Å². The number of carbonyl (C=O) groups is 2. The van der Waals surface area contributed by atoms with Gasteiger partial charge in [-0.2, -0.15) is 0 Å². The van der Waals surface area contributed by atoms with E-state index in [0.29, 0.717) is 33.7 Å². The molecule has 1 aromatic heterocycles. The second-order valence-corrected chi connectivity index (χ2v) is 8.83. The van der Waals surface area contributed by atoms with E-state index in [4.69, 9.17) is 9.47 Å². The third-order valence-electron chi connectivity index (χ3n) is 6.44. The topological polar surface area (TPSA) is 105 Å². The quantitative estimate of drug-likeness (QED) is 0.228. The molecule has 0 bridgehead atoms. The number of ketones is 1. The standard InChI is InChI=1S/C28H24FN3O5/c1-14-6-5-7-16(10-14)24-23(25(33)17-8-9-18(29)15(2)11-17)26(34)27(35)32(24)28-30-19-12-21(36-3)22(37-4)13-20(19)31-28/h5-13,24,33H,1-4H3,(H,30,31)/b25-23+. The maximum atomic E-state index is 13.9. The number of H-pyrrole nitrogens is 1. The summed E-state index contributed by atoms with van der Waals surface area (Å²) in [7, 11) is 3.01. The predicted molar refractivity (Wildman–Crippen MR) is 136 cm³/mol. The number of Topliss-reactive ketones (excluding diaryl/α,β-unsaturated/α-hetero) is 1. The van der Waals surface area contributed by atoms with E-state index >= 15 is 0 Å². The van der Waals surface area contributed by atoms with Crippen molar-refractivity contribution in [2.24, 2.45) is 0 Å². The Hall–Kier alpha value is -4.66. The van der Waals surface area contributed by atoms with Crippen molar-refractivity contribution >= 4 is 34.4 Å². The average molecular weight is 502 g/mol. The first kappa shape index (κ1) is 24.1. The van der Waals surface area contributed by atoms with Crippen LogP contribution in [0.15, 0.2) is 60.2 Å². The van der Waals surface area contributed by atoms with Gasteiger partial charge in [0, 0.05) is 17.7 Å². The number of aromatic nitrogens is 2. The highest BCUT2D eigenvalue weighted by Gasteiger charge is 2.48. The van der Waals surface area contributed by atoms with Gasteiger partial charge in [0.05, 0.1) is 36.9 Å². The number of carbonyl (C=O) groups excluding carboxylic acids is 2. The number of nitrogens with one attached hydrogen (secondary N) is 1. The maximum absolute atomic E-state index is 13.9. The zero-order valence-electron chi connectivity index (χ0n) is 20.6. The van der Waals surface area contributed by atoms with E-state index in [0.717, 1.165) is 5.56 Å². The lowest BCUT2D eigenvalue weighted by Crippen LogP contribution is -2.30. The van der Waals surface area contributed by atoms with Gasteiger partial charge >= 0.3 is 5.91 Å². The molecule has 5 rings (SSSR count). The molecule has 1 fully saturated rings. The number of ether oxygens (including phenoxy) is 2. The molecule has 1 aliphatic heterocycles. The van der Waals surface area contributed by atoms with Gasteiger partial charge in [0.25, 0.3) is 5.78 Å². The molecule has 0 aliphatic carbocycles. The first-order chi connectivity index (χ1) is 17.7. The molecule has 1 aliphatic rings. The fourth-order valence-corrected chi connectivity index (χ4v) is 4.59. The monoisotopic (exact) mass is 501 g/mol. The number of fused-ring (bicyclic) bond motifs is 1. The lowest BCUT2D eigenvalue weighted by molar-refractivity contribution is -0.132. The maximum Gasteiger partial charge on any atom is 0.302 e. The van der Waals surface area contributed by atoms with E-state index in [1.165, 1.54) is 37.3 Å². The third kappa shape index (κ3) is 3.98. The Morgan fingerprint density at radius 1 is 1.03 bits per heavy atom. The van der Waals surface area contributed by atoms with Gasteiger partial charge < -0.3 is 19.6 Å². The molecule has 1 saturated heterocycles. The number of aromatic amines is 1. The summed E-state index contributed by atoms with van der Waals surface area (Å²) in [6, 6.07) is 13.7. The van der Waals surface area contributed by atoms with Gasteiger partial charge in [0.2, 0.25) is 5.95 Å². The number of hydrogen-bond donors (Lipinski definition) is 2. The summed E-state index contributed by atoms with van der Waals surface area (Å²) in [6.45, 7) is 3.44. The average Bonchev–Trinajstić information content (AvgIpc) is 3.41. The highest BCUT2D eigenvalue weighted by molar-refractivity contribution is 6.51. The minimum absolute atomic E-state index is 0.114. The van der Waals surface area contributed by atoms with Crippen LogP contribution in [0, 0.1) is 19.7 Å². The molecule has 0 spiro atoms. The van der Waals surface area contributed by atoms with Crippen LogP contribution in [0.4, 0.5) is 10.3 Å². The van der Waals surface area contributed by atoms with Crippen LogP contribution in [0.25, 0.3) is 16.8 Å². The molecule has 188 valence electrons. The number of hydrogen-bond acceptors (Lipinski definition) is 6. The lowest BCUT2D eigenvalue weighted by atomic mass is 9.94. The van der Waals surface area contributed by atoms with Crippen LogP contribution in [0.1, 0.15) is 28.3 Å². The number of benzene rings is 3. The fraction of sp³-hybridized carbons (Fsp3) is 0.179. The molecular formula is C28H24FN3O5. The van der Waals surface area contributed by atoms with E-state index < -0.39 is 29.3 Å². The molecule has 1 amide bonds. The van der Waals surface area contributed by atoms with Crippen LogP contribution in [0.2, 0.25) is 0 Å². The molecule has 3 aromatic carbocycles. The second kappa shape index (κ2) is 9.09. The van der Waals surface area contributed by atoms with E-state index in [2.05, 4.69) is 9.97 Å². The Kier molecular flexibility index (Phi) is 5.91. The van der Waals surface area contributed by atoms with Gasteiger partial charge in [0.1, 0.15) is 11.6 Å². The summed E-state index contributed by atoms with van der Waals surface area (Å²) in [6.07, 6.45) is 0.